The molecule has 0 unspecified atom stereocenters. The molecule has 1 N–H and O–H groups in total. The molecule has 0 saturated carbocycles. The van der Waals surface area contributed by atoms with Crippen LogP contribution in [0, 0.1) is 6.92 Å². The molecule has 3 heterocycles. The molecule has 0 spiro atoms. The van der Waals surface area contributed by atoms with Gasteiger partial charge in [-0.25, -0.2) is 9.48 Å². The fraction of sp³-hybridized carbons (Fsp3) is 0.212. The van der Waals surface area contributed by atoms with E-state index in [-0.39, 0.29) is 12.1 Å². The maximum atomic E-state index is 14.1. The van der Waals surface area contributed by atoms with Crippen molar-refractivity contribution in [3.05, 3.63) is 125 Å². The van der Waals surface area contributed by atoms with Gasteiger partial charge >= 0.3 is 6.03 Å². The van der Waals surface area contributed by atoms with Gasteiger partial charge in [0.25, 0.3) is 0 Å². The van der Waals surface area contributed by atoms with Gasteiger partial charge in [-0.05, 0) is 79.9 Å². The van der Waals surface area contributed by atoms with Crippen molar-refractivity contribution in [1.82, 2.24) is 19.2 Å². The average Bonchev–Trinajstić information content (AvgIpc) is 3.54. The summed E-state index contributed by atoms with van der Waals surface area (Å²) in [6.07, 6.45) is 3.00. The Bertz CT molecular complexity index is 1640. The van der Waals surface area contributed by atoms with Crippen molar-refractivity contribution in [2.45, 2.75) is 39.8 Å². The molecular formula is C33H33N5O2. The number of anilines is 1. The maximum absolute atomic E-state index is 14.1. The standard InChI is InChI=1S/C33H33N5O2/c1-4-24-16-18-26(19-17-24)34-33(39)37-22-29-23(3)35-38(27-12-7-6-8-13-27)32(29)36-20-10-15-30(36)31(37)25-11-9-14-28(21-25)40-5-2/h6-21,31H,4-5,22H2,1-3H3,(H,34,39)/t31-/m0/s1. The molecule has 0 radical (unpaired) electrons. The number of ether oxygens (including phenoxy) is 1. The van der Waals surface area contributed by atoms with Gasteiger partial charge in [-0.1, -0.05) is 49.4 Å². The number of amides is 2. The molecule has 202 valence electrons. The molecule has 0 bridgehead atoms. The molecule has 0 saturated heterocycles. The molecule has 40 heavy (non-hydrogen) atoms. The summed E-state index contributed by atoms with van der Waals surface area (Å²) >= 11 is 0. The normalized spacial score (nSPS) is 14.3. The second kappa shape index (κ2) is 10.8. The third kappa shape index (κ3) is 4.64. The first-order valence-electron chi connectivity index (χ1n) is 13.8. The van der Waals surface area contributed by atoms with Crippen LogP contribution in [0.1, 0.15) is 48.0 Å². The molecule has 2 amide bonds. The quantitative estimate of drug-likeness (QED) is 0.255. The van der Waals surface area contributed by atoms with E-state index in [1.165, 1.54) is 5.56 Å². The van der Waals surface area contributed by atoms with Crippen molar-refractivity contribution in [3.63, 3.8) is 0 Å². The highest BCUT2D eigenvalue weighted by Gasteiger charge is 2.36. The van der Waals surface area contributed by atoms with Crippen LogP contribution in [0.3, 0.4) is 0 Å². The second-order valence-corrected chi connectivity index (χ2v) is 9.95. The fourth-order valence-electron chi connectivity index (χ4n) is 5.46. The minimum atomic E-state index is -0.360. The van der Waals surface area contributed by atoms with Crippen LogP contribution in [0.4, 0.5) is 10.5 Å². The van der Waals surface area contributed by atoms with Crippen molar-refractivity contribution in [3.8, 4) is 17.3 Å². The van der Waals surface area contributed by atoms with Crippen LogP contribution < -0.4 is 10.1 Å². The van der Waals surface area contributed by atoms with Gasteiger partial charge in [0.05, 0.1) is 36.3 Å². The molecule has 1 aliphatic heterocycles. The summed E-state index contributed by atoms with van der Waals surface area (Å²) in [6, 6.07) is 29.8. The number of para-hydroxylation sites is 1. The Morgan fingerprint density at radius 3 is 2.52 bits per heavy atom. The summed E-state index contributed by atoms with van der Waals surface area (Å²) < 4.78 is 10.0. The van der Waals surface area contributed by atoms with Crippen molar-refractivity contribution < 1.29 is 9.53 Å². The number of hydrogen-bond acceptors (Lipinski definition) is 3. The zero-order valence-electron chi connectivity index (χ0n) is 23.0. The summed E-state index contributed by atoms with van der Waals surface area (Å²) in [6.45, 7) is 7.06. The van der Waals surface area contributed by atoms with Gasteiger partial charge in [-0.15, -0.1) is 0 Å². The number of carbonyl (C=O) groups is 1. The predicted molar refractivity (Wildman–Crippen MR) is 157 cm³/mol. The van der Waals surface area contributed by atoms with Gasteiger partial charge in [0, 0.05) is 17.4 Å². The van der Waals surface area contributed by atoms with Crippen LogP contribution in [0.15, 0.2) is 97.2 Å². The number of aromatic nitrogens is 3. The van der Waals surface area contributed by atoms with Crippen molar-refractivity contribution in [1.29, 1.82) is 0 Å². The predicted octanol–water partition coefficient (Wildman–Crippen LogP) is 7.07. The number of nitrogens with zero attached hydrogens (tertiary/aromatic N) is 4. The molecule has 7 heteroatoms. The van der Waals surface area contributed by atoms with E-state index < -0.39 is 0 Å². The highest BCUT2D eigenvalue weighted by atomic mass is 16.5. The molecular weight excluding hydrogens is 498 g/mol. The topological polar surface area (TPSA) is 64.3 Å². The third-order valence-corrected chi connectivity index (χ3v) is 7.45. The number of benzene rings is 3. The summed E-state index contributed by atoms with van der Waals surface area (Å²) in [4.78, 5) is 16.0. The van der Waals surface area contributed by atoms with Crippen LogP contribution in [0.25, 0.3) is 11.5 Å². The molecule has 0 fully saturated rings. The first kappa shape index (κ1) is 25.5. The first-order valence-corrected chi connectivity index (χ1v) is 13.8. The summed E-state index contributed by atoms with van der Waals surface area (Å²) in [7, 11) is 0. The molecule has 1 aliphatic rings. The van der Waals surface area contributed by atoms with E-state index in [9.17, 15) is 4.79 Å². The van der Waals surface area contributed by atoms with E-state index in [2.05, 4.69) is 47.3 Å². The Balaban J connectivity index is 1.51. The average molecular weight is 532 g/mol. The van der Waals surface area contributed by atoms with Gasteiger partial charge in [-0.3, -0.25) is 0 Å². The van der Waals surface area contributed by atoms with Gasteiger partial charge in [0.2, 0.25) is 0 Å². The molecule has 6 rings (SSSR count). The molecule has 5 aromatic rings. The van der Waals surface area contributed by atoms with Crippen LogP contribution in [-0.2, 0) is 13.0 Å². The van der Waals surface area contributed by atoms with Crippen molar-refractivity contribution >= 4 is 11.7 Å². The largest absolute Gasteiger partial charge is 0.494 e. The second-order valence-electron chi connectivity index (χ2n) is 9.95. The summed E-state index contributed by atoms with van der Waals surface area (Å²) in [5.74, 6) is 1.72. The lowest BCUT2D eigenvalue weighted by atomic mass is 10.0. The fourth-order valence-corrected chi connectivity index (χ4v) is 5.46. The lowest BCUT2D eigenvalue weighted by Crippen LogP contribution is -2.38. The highest BCUT2D eigenvalue weighted by Crippen LogP contribution is 2.39. The third-order valence-electron chi connectivity index (χ3n) is 7.45. The molecule has 3 aromatic carbocycles. The lowest BCUT2D eigenvalue weighted by molar-refractivity contribution is 0.194. The van der Waals surface area contributed by atoms with E-state index in [1.807, 2.05) is 90.2 Å². The minimum absolute atomic E-state index is 0.177. The number of hydrogen-bond donors (Lipinski definition) is 1. The van der Waals surface area contributed by atoms with E-state index in [0.29, 0.717) is 13.2 Å². The lowest BCUT2D eigenvalue weighted by Gasteiger charge is -2.31. The number of urea groups is 1. The van der Waals surface area contributed by atoms with Crippen LogP contribution in [0.5, 0.6) is 5.75 Å². The van der Waals surface area contributed by atoms with E-state index in [4.69, 9.17) is 9.84 Å². The van der Waals surface area contributed by atoms with E-state index in [1.54, 1.807) is 0 Å². The van der Waals surface area contributed by atoms with Crippen molar-refractivity contribution in [2.75, 3.05) is 11.9 Å². The number of rotatable bonds is 6. The molecule has 0 aliphatic carbocycles. The Morgan fingerprint density at radius 2 is 1.77 bits per heavy atom. The maximum Gasteiger partial charge on any atom is 0.322 e. The smallest absolute Gasteiger partial charge is 0.322 e. The van der Waals surface area contributed by atoms with Crippen LogP contribution in [0.2, 0.25) is 0 Å². The molecule has 1 atom stereocenters. The van der Waals surface area contributed by atoms with Gasteiger partial charge in [0.1, 0.15) is 11.6 Å². The Kier molecular flexibility index (Phi) is 6.86. The van der Waals surface area contributed by atoms with Gasteiger partial charge < -0.3 is 19.5 Å². The van der Waals surface area contributed by atoms with E-state index >= 15 is 0 Å². The molecule has 2 aromatic heterocycles. The van der Waals surface area contributed by atoms with Crippen LogP contribution in [-0.4, -0.2) is 31.9 Å². The Hall–Kier alpha value is -4.78. The monoisotopic (exact) mass is 531 g/mol. The summed E-state index contributed by atoms with van der Waals surface area (Å²) in [5.41, 5.74) is 6.79. The first-order chi connectivity index (χ1) is 19.6. The molecule has 7 nitrogen and oxygen atoms in total. The zero-order valence-corrected chi connectivity index (χ0v) is 23.0. The van der Waals surface area contributed by atoms with Crippen LogP contribution >= 0.6 is 0 Å². The minimum Gasteiger partial charge on any atom is -0.494 e. The van der Waals surface area contributed by atoms with Crippen molar-refractivity contribution in [2.24, 2.45) is 0 Å². The SMILES string of the molecule is CCOc1cccc([C@H]2c3cccn3-c3c(c(C)nn3-c3ccccc3)CN2C(=O)Nc2ccc(CC)cc2)c1. The van der Waals surface area contributed by atoms with Gasteiger partial charge in [0.15, 0.2) is 0 Å². The van der Waals surface area contributed by atoms with Gasteiger partial charge in [-0.2, -0.15) is 5.10 Å². The summed E-state index contributed by atoms with van der Waals surface area (Å²) in [5, 5.41) is 8.09. The number of carbonyl (C=O) groups excluding carboxylic acids is 1. The van der Waals surface area contributed by atoms with E-state index in [0.717, 1.165) is 51.9 Å². The number of fused-ring (bicyclic) bond motifs is 3. The Labute approximate surface area is 234 Å². The zero-order chi connectivity index (χ0) is 27.6. The Morgan fingerprint density at radius 1 is 0.975 bits per heavy atom. The number of nitrogens with one attached hydrogen (secondary N) is 1. The number of aryl methyl sites for hydroxylation is 2. The highest BCUT2D eigenvalue weighted by molar-refractivity contribution is 5.90.